The summed E-state index contributed by atoms with van der Waals surface area (Å²) in [5.41, 5.74) is 0.772. The van der Waals surface area contributed by atoms with Crippen LogP contribution in [0.4, 0.5) is 0 Å². The van der Waals surface area contributed by atoms with E-state index in [0.29, 0.717) is 25.1 Å². The standard InChI is InChI=1S/C14H25N3O2/c1-11(2)15-10-12-6-7-13(17-16-12)18-8-9-19-14(3,4)5/h6-7,11,15H,8-10H2,1-5H3. The minimum atomic E-state index is -0.137. The Morgan fingerprint density at radius 1 is 1.16 bits per heavy atom. The minimum absolute atomic E-state index is 0.137. The lowest BCUT2D eigenvalue weighted by Gasteiger charge is -2.19. The highest BCUT2D eigenvalue weighted by Crippen LogP contribution is 2.08. The first kappa shape index (κ1) is 15.9. The van der Waals surface area contributed by atoms with Gasteiger partial charge in [-0.1, -0.05) is 13.8 Å². The molecule has 108 valence electrons. The Labute approximate surface area is 115 Å². The molecule has 1 rings (SSSR count). The van der Waals surface area contributed by atoms with Crippen molar-refractivity contribution in [2.75, 3.05) is 13.2 Å². The third-order valence-corrected chi connectivity index (χ3v) is 2.26. The van der Waals surface area contributed by atoms with Crippen molar-refractivity contribution in [2.24, 2.45) is 0 Å². The Morgan fingerprint density at radius 2 is 1.89 bits per heavy atom. The monoisotopic (exact) mass is 267 g/mol. The Morgan fingerprint density at radius 3 is 2.42 bits per heavy atom. The second-order valence-electron chi connectivity index (χ2n) is 5.71. The molecule has 0 amide bonds. The van der Waals surface area contributed by atoms with E-state index in [4.69, 9.17) is 9.47 Å². The fourth-order valence-electron chi connectivity index (χ4n) is 1.32. The largest absolute Gasteiger partial charge is 0.474 e. The first-order valence-electron chi connectivity index (χ1n) is 6.69. The van der Waals surface area contributed by atoms with Gasteiger partial charge in [-0.15, -0.1) is 5.10 Å². The SMILES string of the molecule is CC(C)NCc1ccc(OCCOC(C)(C)C)nn1. The third kappa shape index (κ3) is 7.74. The molecular formula is C14H25N3O2. The predicted molar refractivity (Wildman–Crippen MR) is 75.2 cm³/mol. The van der Waals surface area contributed by atoms with Crippen molar-refractivity contribution in [3.63, 3.8) is 0 Å². The number of nitrogens with zero attached hydrogens (tertiary/aromatic N) is 2. The lowest BCUT2D eigenvalue weighted by molar-refractivity contribution is -0.0169. The van der Waals surface area contributed by atoms with E-state index < -0.39 is 0 Å². The zero-order chi connectivity index (χ0) is 14.3. The van der Waals surface area contributed by atoms with E-state index >= 15 is 0 Å². The molecule has 0 radical (unpaired) electrons. The van der Waals surface area contributed by atoms with Crippen LogP contribution >= 0.6 is 0 Å². The molecule has 0 spiro atoms. The van der Waals surface area contributed by atoms with E-state index in [0.717, 1.165) is 12.2 Å². The van der Waals surface area contributed by atoms with Crippen molar-refractivity contribution in [3.05, 3.63) is 17.8 Å². The zero-order valence-electron chi connectivity index (χ0n) is 12.6. The maximum absolute atomic E-state index is 5.56. The van der Waals surface area contributed by atoms with Gasteiger partial charge in [-0.2, -0.15) is 5.10 Å². The molecule has 0 saturated carbocycles. The van der Waals surface area contributed by atoms with Crippen molar-refractivity contribution in [2.45, 2.75) is 52.8 Å². The molecule has 5 nitrogen and oxygen atoms in total. The number of aromatic nitrogens is 2. The van der Waals surface area contributed by atoms with E-state index in [9.17, 15) is 0 Å². The molecule has 1 N–H and O–H groups in total. The van der Waals surface area contributed by atoms with Gasteiger partial charge >= 0.3 is 0 Å². The average molecular weight is 267 g/mol. The zero-order valence-corrected chi connectivity index (χ0v) is 12.6. The Hall–Kier alpha value is -1.20. The Kier molecular flexibility index (Phi) is 6.18. The van der Waals surface area contributed by atoms with Crippen LogP contribution in [0, 0.1) is 0 Å². The van der Waals surface area contributed by atoms with Crippen LogP contribution in [0.5, 0.6) is 5.88 Å². The van der Waals surface area contributed by atoms with Gasteiger partial charge < -0.3 is 14.8 Å². The van der Waals surface area contributed by atoms with Crippen LogP contribution < -0.4 is 10.1 Å². The van der Waals surface area contributed by atoms with Gasteiger partial charge in [-0.3, -0.25) is 0 Å². The van der Waals surface area contributed by atoms with Gasteiger partial charge in [0.25, 0.3) is 0 Å². The lowest BCUT2D eigenvalue weighted by Crippen LogP contribution is -2.23. The van der Waals surface area contributed by atoms with Crippen molar-refractivity contribution >= 4 is 0 Å². The summed E-state index contributed by atoms with van der Waals surface area (Å²) in [4.78, 5) is 0. The molecule has 0 bridgehead atoms. The van der Waals surface area contributed by atoms with E-state index in [2.05, 4.69) is 29.4 Å². The van der Waals surface area contributed by atoms with Gasteiger partial charge in [0.1, 0.15) is 6.61 Å². The summed E-state index contributed by atoms with van der Waals surface area (Å²) >= 11 is 0. The van der Waals surface area contributed by atoms with Crippen molar-refractivity contribution in [3.8, 4) is 5.88 Å². The summed E-state index contributed by atoms with van der Waals surface area (Å²) in [7, 11) is 0. The molecule has 0 unspecified atom stereocenters. The molecule has 1 aromatic rings. The molecular weight excluding hydrogens is 242 g/mol. The molecule has 1 heterocycles. The molecule has 0 atom stereocenters. The molecule has 0 aromatic carbocycles. The van der Waals surface area contributed by atoms with Crippen LogP contribution in [-0.2, 0) is 11.3 Å². The summed E-state index contributed by atoms with van der Waals surface area (Å²) in [6.07, 6.45) is 0. The third-order valence-electron chi connectivity index (χ3n) is 2.26. The predicted octanol–water partition coefficient (Wildman–Crippen LogP) is 2.17. The maximum atomic E-state index is 5.56. The summed E-state index contributed by atoms with van der Waals surface area (Å²) in [6.45, 7) is 12.0. The second-order valence-corrected chi connectivity index (χ2v) is 5.71. The van der Waals surface area contributed by atoms with Crippen LogP contribution in [0.25, 0.3) is 0 Å². The Bertz CT molecular complexity index is 358. The maximum Gasteiger partial charge on any atom is 0.233 e. The number of ether oxygens (including phenoxy) is 2. The van der Waals surface area contributed by atoms with E-state index in [1.807, 2.05) is 32.9 Å². The minimum Gasteiger partial charge on any atom is -0.474 e. The van der Waals surface area contributed by atoms with Crippen LogP contribution in [0.15, 0.2) is 12.1 Å². The summed E-state index contributed by atoms with van der Waals surface area (Å²) in [5, 5.41) is 11.4. The van der Waals surface area contributed by atoms with E-state index in [1.54, 1.807) is 0 Å². The normalized spacial score (nSPS) is 11.9. The summed E-state index contributed by atoms with van der Waals surface area (Å²) in [6, 6.07) is 4.19. The summed E-state index contributed by atoms with van der Waals surface area (Å²) in [5.74, 6) is 0.533. The van der Waals surface area contributed by atoms with Crippen LogP contribution in [-0.4, -0.2) is 35.1 Å². The fourth-order valence-corrected chi connectivity index (χ4v) is 1.32. The lowest BCUT2D eigenvalue weighted by atomic mass is 10.2. The molecule has 0 aliphatic rings. The van der Waals surface area contributed by atoms with Gasteiger partial charge in [0.05, 0.1) is 17.9 Å². The quantitative estimate of drug-likeness (QED) is 0.767. The topological polar surface area (TPSA) is 56.3 Å². The highest BCUT2D eigenvalue weighted by Gasteiger charge is 2.09. The van der Waals surface area contributed by atoms with E-state index in [1.165, 1.54) is 0 Å². The smallest absolute Gasteiger partial charge is 0.233 e. The number of hydrogen-bond acceptors (Lipinski definition) is 5. The fraction of sp³-hybridized carbons (Fsp3) is 0.714. The average Bonchev–Trinajstić information content (AvgIpc) is 2.32. The van der Waals surface area contributed by atoms with Gasteiger partial charge in [0.15, 0.2) is 0 Å². The molecule has 1 aromatic heterocycles. The van der Waals surface area contributed by atoms with Crippen LogP contribution in [0.2, 0.25) is 0 Å². The molecule has 0 aliphatic heterocycles. The number of nitrogens with one attached hydrogen (secondary N) is 1. The van der Waals surface area contributed by atoms with Crippen LogP contribution in [0.3, 0.4) is 0 Å². The first-order valence-corrected chi connectivity index (χ1v) is 6.69. The second kappa shape index (κ2) is 7.40. The Balaban J connectivity index is 2.28. The van der Waals surface area contributed by atoms with Gasteiger partial charge in [-0.25, -0.2) is 0 Å². The van der Waals surface area contributed by atoms with Gasteiger partial charge in [0, 0.05) is 18.7 Å². The molecule has 5 heteroatoms. The summed E-state index contributed by atoms with van der Waals surface area (Å²) < 4.78 is 11.0. The van der Waals surface area contributed by atoms with Crippen LogP contribution in [0.1, 0.15) is 40.3 Å². The van der Waals surface area contributed by atoms with E-state index in [-0.39, 0.29) is 5.60 Å². The van der Waals surface area contributed by atoms with Crippen molar-refractivity contribution < 1.29 is 9.47 Å². The van der Waals surface area contributed by atoms with Gasteiger partial charge in [-0.05, 0) is 26.8 Å². The number of rotatable bonds is 7. The number of hydrogen-bond donors (Lipinski definition) is 1. The molecule has 0 aliphatic carbocycles. The van der Waals surface area contributed by atoms with Gasteiger partial charge in [0.2, 0.25) is 5.88 Å². The highest BCUT2D eigenvalue weighted by atomic mass is 16.5. The molecule has 0 saturated heterocycles. The molecule has 0 fully saturated rings. The molecule has 19 heavy (non-hydrogen) atoms. The highest BCUT2D eigenvalue weighted by molar-refractivity contribution is 5.11. The van der Waals surface area contributed by atoms with Crippen molar-refractivity contribution in [1.29, 1.82) is 0 Å². The first-order chi connectivity index (χ1) is 8.87. The van der Waals surface area contributed by atoms with Crippen molar-refractivity contribution in [1.82, 2.24) is 15.5 Å².